The Morgan fingerprint density at radius 3 is 2.75 bits per heavy atom. The second-order valence-electron chi connectivity index (χ2n) is 5.72. The van der Waals surface area contributed by atoms with Crippen LogP contribution in [0.1, 0.15) is 38.8 Å². The number of nitrogens with zero attached hydrogens (tertiary/aromatic N) is 1. The van der Waals surface area contributed by atoms with E-state index in [4.69, 9.17) is 11.6 Å². The molecule has 0 amide bonds. The van der Waals surface area contributed by atoms with Crippen molar-refractivity contribution in [3.8, 4) is 0 Å². The van der Waals surface area contributed by atoms with Gasteiger partial charge in [0.1, 0.15) is 0 Å². The second-order valence-corrected chi connectivity index (χ2v) is 6.13. The normalized spacial score (nSPS) is 22.1. The molecule has 1 aromatic carbocycles. The summed E-state index contributed by atoms with van der Waals surface area (Å²) in [6.07, 6.45) is 0.814. The van der Waals surface area contributed by atoms with Crippen molar-refractivity contribution in [3.05, 3.63) is 28.8 Å². The van der Waals surface area contributed by atoms with Crippen LogP contribution in [-0.2, 0) is 0 Å². The number of aliphatic hydroxyl groups is 1. The molecule has 4 heteroatoms. The molecule has 1 fully saturated rings. The molecule has 1 saturated heterocycles. The SMILES string of the molecule is CCNC(C)c1ccc(N2CCC(C(C)O)C2)cc1Cl. The summed E-state index contributed by atoms with van der Waals surface area (Å²) < 4.78 is 0. The molecule has 1 aromatic rings. The van der Waals surface area contributed by atoms with Crippen molar-refractivity contribution in [1.82, 2.24) is 5.32 Å². The molecular weight excluding hydrogens is 272 g/mol. The summed E-state index contributed by atoms with van der Waals surface area (Å²) in [5.41, 5.74) is 2.30. The van der Waals surface area contributed by atoms with Crippen LogP contribution in [0.15, 0.2) is 18.2 Å². The molecule has 1 aliphatic rings. The Kier molecular flexibility index (Phi) is 5.30. The van der Waals surface area contributed by atoms with E-state index in [1.807, 2.05) is 6.92 Å². The summed E-state index contributed by atoms with van der Waals surface area (Å²) >= 11 is 6.42. The molecule has 3 nitrogen and oxygen atoms in total. The predicted molar refractivity (Wildman–Crippen MR) is 85.5 cm³/mol. The zero-order valence-electron chi connectivity index (χ0n) is 12.6. The fourth-order valence-electron chi connectivity index (χ4n) is 2.90. The first-order chi connectivity index (χ1) is 9.52. The monoisotopic (exact) mass is 296 g/mol. The number of halogens is 1. The molecular formula is C16H25ClN2O. The summed E-state index contributed by atoms with van der Waals surface area (Å²) in [6.45, 7) is 8.94. The largest absolute Gasteiger partial charge is 0.393 e. The van der Waals surface area contributed by atoms with Gasteiger partial charge in [-0.25, -0.2) is 0 Å². The molecule has 1 heterocycles. The lowest BCUT2D eigenvalue weighted by Crippen LogP contribution is -2.24. The zero-order chi connectivity index (χ0) is 14.7. The predicted octanol–water partition coefficient (Wildman–Crippen LogP) is 3.22. The maximum absolute atomic E-state index is 9.69. The van der Waals surface area contributed by atoms with Crippen LogP contribution >= 0.6 is 11.6 Å². The summed E-state index contributed by atoms with van der Waals surface area (Å²) in [5.74, 6) is 0.370. The van der Waals surface area contributed by atoms with Gasteiger partial charge in [0.15, 0.2) is 0 Å². The van der Waals surface area contributed by atoms with Gasteiger partial charge in [-0.15, -0.1) is 0 Å². The molecule has 2 rings (SSSR count). The van der Waals surface area contributed by atoms with Crippen molar-refractivity contribution in [2.24, 2.45) is 5.92 Å². The highest BCUT2D eigenvalue weighted by Crippen LogP contribution is 2.31. The van der Waals surface area contributed by atoms with Crippen molar-refractivity contribution in [1.29, 1.82) is 0 Å². The van der Waals surface area contributed by atoms with Gasteiger partial charge in [0.2, 0.25) is 0 Å². The highest BCUT2D eigenvalue weighted by molar-refractivity contribution is 6.31. The third-order valence-corrected chi connectivity index (χ3v) is 4.56. The summed E-state index contributed by atoms with van der Waals surface area (Å²) in [5, 5.41) is 13.9. The van der Waals surface area contributed by atoms with Crippen LogP contribution in [0.4, 0.5) is 5.69 Å². The van der Waals surface area contributed by atoms with Gasteiger partial charge in [0, 0.05) is 35.8 Å². The van der Waals surface area contributed by atoms with E-state index in [1.165, 1.54) is 0 Å². The van der Waals surface area contributed by atoms with Gasteiger partial charge in [-0.2, -0.15) is 0 Å². The fourth-order valence-corrected chi connectivity index (χ4v) is 3.23. The molecule has 0 aromatic heterocycles. The average Bonchev–Trinajstić information content (AvgIpc) is 2.88. The van der Waals surface area contributed by atoms with Crippen molar-refractivity contribution in [2.45, 2.75) is 39.3 Å². The highest BCUT2D eigenvalue weighted by atomic mass is 35.5. The minimum atomic E-state index is -0.233. The van der Waals surface area contributed by atoms with E-state index in [-0.39, 0.29) is 12.1 Å². The van der Waals surface area contributed by atoms with E-state index in [1.54, 1.807) is 0 Å². The van der Waals surface area contributed by atoms with E-state index in [2.05, 4.69) is 42.3 Å². The van der Waals surface area contributed by atoms with Crippen molar-refractivity contribution in [2.75, 3.05) is 24.5 Å². The van der Waals surface area contributed by atoms with E-state index in [0.717, 1.165) is 42.3 Å². The second kappa shape index (κ2) is 6.79. The number of benzene rings is 1. The van der Waals surface area contributed by atoms with Crippen LogP contribution in [0, 0.1) is 5.92 Å². The van der Waals surface area contributed by atoms with Gasteiger partial charge in [0.25, 0.3) is 0 Å². The van der Waals surface area contributed by atoms with Gasteiger partial charge in [-0.1, -0.05) is 24.6 Å². The zero-order valence-corrected chi connectivity index (χ0v) is 13.3. The number of hydrogen-bond donors (Lipinski definition) is 2. The van der Waals surface area contributed by atoms with Gasteiger partial charge < -0.3 is 15.3 Å². The Morgan fingerprint density at radius 1 is 1.45 bits per heavy atom. The van der Waals surface area contributed by atoms with Crippen LogP contribution in [0.2, 0.25) is 5.02 Å². The third kappa shape index (κ3) is 3.46. The Balaban J connectivity index is 2.10. The van der Waals surface area contributed by atoms with Gasteiger partial charge in [-0.3, -0.25) is 0 Å². The standard InChI is InChI=1S/C16H25ClN2O/c1-4-18-11(2)15-6-5-14(9-16(15)17)19-8-7-13(10-19)12(3)20/h5-6,9,11-13,18,20H,4,7-8,10H2,1-3H3. The lowest BCUT2D eigenvalue weighted by molar-refractivity contribution is 0.136. The molecule has 2 N–H and O–H groups in total. The lowest BCUT2D eigenvalue weighted by atomic mass is 10.0. The van der Waals surface area contributed by atoms with Crippen LogP contribution in [0.25, 0.3) is 0 Å². The van der Waals surface area contributed by atoms with Gasteiger partial charge in [-0.05, 0) is 44.5 Å². The number of hydrogen-bond acceptors (Lipinski definition) is 3. The van der Waals surface area contributed by atoms with E-state index in [0.29, 0.717) is 5.92 Å². The van der Waals surface area contributed by atoms with Gasteiger partial charge >= 0.3 is 0 Å². The molecule has 0 saturated carbocycles. The third-order valence-electron chi connectivity index (χ3n) is 4.23. The number of rotatable bonds is 5. The molecule has 0 radical (unpaired) electrons. The molecule has 1 aliphatic heterocycles. The maximum Gasteiger partial charge on any atom is 0.0557 e. The van der Waals surface area contributed by atoms with Crippen molar-refractivity contribution < 1.29 is 5.11 Å². The summed E-state index contributed by atoms with van der Waals surface area (Å²) in [7, 11) is 0. The summed E-state index contributed by atoms with van der Waals surface area (Å²) in [6, 6.07) is 6.57. The Morgan fingerprint density at radius 2 is 2.20 bits per heavy atom. The minimum Gasteiger partial charge on any atom is -0.393 e. The first-order valence-corrected chi connectivity index (χ1v) is 7.86. The topological polar surface area (TPSA) is 35.5 Å². The summed E-state index contributed by atoms with van der Waals surface area (Å²) in [4.78, 5) is 2.31. The Bertz CT molecular complexity index is 450. The van der Waals surface area contributed by atoms with Gasteiger partial charge in [0.05, 0.1) is 6.10 Å². The van der Waals surface area contributed by atoms with Crippen molar-refractivity contribution >= 4 is 17.3 Å². The smallest absolute Gasteiger partial charge is 0.0557 e. The van der Waals surface area contributed by atoms with Crippen LogP contribution in [-0.4, -0.2) is 30.8 Å². The van der Waals surface area contributed by atoms with E-state index < -0.39 is 0 Å². The Hall–Kier alpha value is -0.770. The highest BCUT2D eigenvalue weighted by Gasteiger charge is 2.26. The first-order valence-electron chi connectivity index (χ1n) is 7.48. The molecule has 0 aliphatic carbocycles. The molecule has 20 heavy (non-hydrogen) atoms. The first kappa shape index (κ1) is 15.6. The average molecular weight is 297 g/mol. The maximum atomic E-state index is 9.69. The molecule has 112 valence electrons. The number of aliphatic hydroxyl groups excluding tert-OH is 1. The number of anilines is 1. The molecule has 0 bridgehead atoms. The van der Waals surface area contributed by atoms with Crippen LogP contribution in [0.3, 0.4) is 0 Å². The molecule has 3 atom stereocenters. The Labute approximate surface area is 126 Å². The lowest BCUT2D eigenvalue weighted by Gasteiger charge is -2.22. The molecule has 3 unspecified atom stereocenters. The fraction of sp³-hybridized carbons (Fsp3) is 0.625. The van der Waals surface area contributed by atoms with Crippen LogP contribution < -0.4 is 10.2 Å². The molecule has 0 spiro atoms. The quantitative estimate of drug-likeness (QED) is 0.876. The minimum absolute atomic E-state index is 0.233. The van der Waals surface area contributed by atoms with Crippen LogP contribution in [0.5, 0.6) is 0 Å². The number of nitrogens with one attached hydrogen (secondary N) is 1. The van der Waals surface area contributed by atoms with E-state index >= 15 is 0 Å². The van der Waals surface area contributed by atoms with Crippen molar-refractivity contribution in [3.63, 3.8) is 0 Å². The van der Waals surface area contributed by atoms with E-state index in [9.17, 15) is 5.11 Å².